The summed E-state index contributed by atoms with van der Waals surface area (Å²) >= 11 is 0. The van der Waals surface area contributed by atoms with Crippen molar-refractivity contribution in [3.8, 4) is 0 Å². The molecule has 1 aliphatic carbocycles. The Hall–Kier alpha value is -0.930. The first-order chi connectivity index (χ1) is 8.55. The summed E-state index contributed by atoms with van der Waals surface area (Å²) in [7, 11) is 2.20. The van der Waals surface area contributed by atoms with Crippen molar-refractivity contribution < 1.29 is 4.74 Å². The van der Waals surface area contributed by atoms with Gasteiger partial charge in [-0.1, -0.05) is 19.9 Å². The highest BCUT2D eigenvalue weighted by Crippen LogP contribution is 2.45. The van der Waals surface area contributed by atoms with E-state index in [2.05, 4.69) is 43.8 Å². The Kier molecular flexibility index (Phi) is 4.03. The van der Waals surface area contributed by atoms with Crippen LogP contribution < -0.4 is 0 Å². The fourth-order valence-corrected chi connectivity index (χ4v) is 2.99. The van der Waals surface area contributed by atoms with Crippen LogP contribution in [0.15, 0.2) is 24.5 Å². The fraction of sp³-hybridized carbons (Fsp3) is 0.667. The maximum atomic E-state index is 5.78. The summed E-state index contributed by atoms with van der Waals surface area (Å²) in [6.07, 6.45) is 5.31. The van der Waals surface area contributed by atoms with Gasteiger partial charge in [0, 0.05) is 37.0 Å². The molecule has 3 nitrogen and oxygen atoms in total. The minimum absolute atomic E-state index is 0.243. The van der Waals surface area contributed by atoms with E-state index in [0.717, 1.165) is 19.6 Å². The minimum atomic E-state index is 0.243. The molecule has 1 aromatic rings. The molecule has 0 bridgehead atoms. The SMILES string of the molecule is CCOC1CC(N(C)Cc2cccnc2)C1(C)C. The van der Waals surface area contributed by atoms with Crippen molar-refractivity contribution >= 4 is 0 Å². The molecule has 0 aliphatic heterocycles. The minimum Gasteiger partial charge on any atom is -0.378 e. The Balaban J connectivity index is 1.93. The first kappa shape index (κ1) is 13.5. The maximum absolute atomic E-state index is 5.78. The second-order valence-corrected chi connectivity index (χ2v) is 5.79. The number of aromatic nitrogens is 1. The van der Waals surface area contributed by atoms with Gasteiger partial charge in [0.05, 0.1) is 6.10 Å². The van der Waals surface area contributed by atoms with Gasteiger partial charge in [0.25, 0.3) is 0 Å². The molecule has 0 saturated heterocycles. The summed E-state index contributed by atoms with van der Waals surface area (Å²) in [5.74, 6) is 0. The Labute approximate surface area is 110 Å². The zero-order chi connectivity index (χ0) is 13.2. The van der Waals surface area contributed by atoms with E-state index in [1.54, 1.807) is 0 Å². The summed E-state index contributed by atoms with van der Waals surface area (Å²) in [5, 5.41) is 0. The molecule has 1 aromatic heterocycles. The molecule has 100 valence electrons. The number of rotatable bonds is 5. The van der Waals surface area contributed by atoms with E-state index >= 15 is 0 Å². The Bertz CT molecular complexity index is 377. The van der Waals surface area contributed by atoms with E-state index in [9.17, 15) is 0 Å². The van der Waals surface area contributed by atoms with Crippen molar-refractivity contribution in [2.75, 3.05) is 13.7 Å². The van der Waals surface area contributed by atoms with Crippen LogP contribution in [0.1, 0.15) is 32.8 Å². The van der Waals surface area contributed by atoms with Crippen LogP contribution in [0.4, 0.5) is 0 Å². The molecule has 0 N–H and O–H groups in total. The molecule has 1 fully saturated rings. The second kappa shape index (κ2) is 5.37. The van der Waals surface area contributed by atoms with Crippen LogP contribution in [-0.4, -0.2) is 35.7 Å². The van der Waals surface area contributed by atoms with Crippen molar-refractivity contribution in [1.82, 2.24) is 9.88 Å². The molecule has 0 radical (unpaired) electrons. The van der Waals surface area contributed by atoms with Crippen molar-refractivity contribution in [3.63, 3.8) is 0 Å². The van der Waals surface area contributed by atoms with Crippen molar-refractivity contribution in [3.05, 3.63) is 30.1 Å². The Morgan fingerprint density at radius 2 is 2.28 bits per heavy atom. The quantitative estimate of drug-likeness (QED) is 0.801. The third-order valence-electron chi connectivity index (χ3n) is 4.18. The highest BCUT2D eigenvalue weighted by atomic mass is 16.5. The van der Waals surface area contributed by atoms with Crippen LogP contribution in [0, 0.1) is 5.41 Å². The predicted octanol–water partition coefficient (Wildman–Crippen LogP) is 2.72. The summed E-state index contributed by atoms with van der Waals surface area (Å²) in [6.45, 7) is 8.46. The van der Waals surface area contributed by atoms with Gasteiger partial charge in [-0.05, 0) is 32.0 Å². The average molecular weight is 248 g/mol. The summed E-state index contributed by atoms with van der Waals surface area (Å²) in [4.78, 5) is 6.59. The molecule has 2 unspecified atom stereocenters. The molecule has 18 heavy (non-hydrogen) atoms. The highest BCUT2D eigenvalue weighted by molar-refractivity contribution is 5.10. The van der Waals surface area contributed by atoms with E-state index in [4.69, 9.17) is 4.74 Å². The third-order valence-corrected chi connectivity index (χ3v) is 4.18. The van der Waals surface area contributed by atoms with Gasteiger partial charge in [0.1, 0.15) is 0 Å². The van der Waals surface area contributed by atoms with E-state index < -0.39 is 0 Å². The van der Waals surface area contributed by atoms with Crippen LogP contribution in [0.2, 0.25) is 0 Å². The van der Waals surface area contributed by atoms with Crippen LogP contribution in [0.5, 0.6) is 0 Å². The zero-order valence-electron chi connectivity index (χ0n) is 11.9. The molecule has 1 heterocycles. The van der Waals surface area contributed by atoms with Gasteiger partial charge in [0.15, 0.2) is 0 Å². The monoisotopic (exact) mass is 248 g/mol. The molecule has 0 aromatic carbocycles. The van der Waals surface area contributed by atoms with Gasteiger partial charge in [0.2, 0.25) is 0 Å². The van der Waals surface area contributed by atoms with E-state index in [1.807, 2.05) is 18.5 Å². The van der Waals surface area contributed by atoms with Crippen LogP contribution in [0.3, 0.4) is 0 Å². The van der Waals surface area contributed by atoms with Gasteiger partial charge in [-0.15, -0.1) is 0 Å². The highest BCUT2D eigenvalue weighted by Gasteiger charge is 2.50. The first-order valence-corrected chi connectivity index (χ1v) is 6.76. The lowest BCUT2D eigenvalue weighted by molar-refractivity contribution is -0.146. The molecule has 0 spiro atoms. The molecular formula is C15H24N2O. The first-order valence-electron chi connectivity index (χ1n) is 6.76. The van der Waals surface area contributed by atoms with Crippen LogP contribution >= 0.6 is 0 Å². The normalized spacial score (nSPS) is 26.1. The fourth-order valence-electron chi connectivity index (χ4n) is 2.99. The zero-order valence-corrected chi connectivity index (χ0v) is 11.9. The second-order valence-electron chi connectivity index (χ2n) is 5.79. The molecule has 1 saturated carbocycles. The smallest absolute Gasteiger partial charge is 0.0655 e. The van der Waals surface area contributed by atoms with Crippen molar-refractivity contribution in [2.24, 2.45) is 5.41 Å². The van der Waals surface area contributed by atoms with Crippen molar-refractivity contribution in [2.45, 2.75) is 45.9 Å². The maximum Gasteiger partial charge on any atom is 0.0655 e. The molecular weight excluding hydrogens is 224 g/mol. The van der Waals surface area contributed by atoms with Gasteiger partial charge < -0.3 is 4.74 Å². The van der Waals surface area contributed by atoms with Crippen LogP contribution in [-0.2, 0) is 11.3 Å². The molecule has 2 rings (SSSR count). The topological polar surface area (TPSA) is 25.4 Å². The summed E-state index contributed by atoms with van der Waals surface area (Å²) in [5.41, 5.74) is 1.52. The van der Waals surface area contributed by atoms with E-state index in [1.165, 1.54) is 5.56 Å². The number of ether oxygens (including phenoxy) is 1. The molecule has 2 atom stereocenters. The standard InChI is InChI=1S/C15H24N2O/c1-5-18-14-9-13(15(14,2)3)17(4)11-12-7-6-8-16-10-12/h6-8,10,13-14H,5,9,11H2,1-4H3. The van der Waals surface area contributed by atoms with E-state index in [0.29, 0.717) is 12.1 Å². The summed E-state index contributed by atoms with van der Waals surface area (Å²) in [6, 6.07) is 4.72. The Morgan fingerprint density at radius 3 is 2.83 bits per heavy atom. The molecule has 0 amide bonds. The lowest BCUT2D eigenvalue weighted by Crippen LogP contribution is -2.60. The van der Waals surface area contributed by atoms with Gasteiger partial charge in [-0.2, -0.15) is 0 Å². The van der Waals surface area contributed by atoms with Crippen LogP contribution in [0.25, 0.3) is 0 Å². The molecule has 3 heteroatoms. The number of pyridine rings is 1. The number of nitrogens with zero attached hydrogens (tertiary/aromatic N) is 2. The predicted molar refractivity (Wildman–Crippen MR) is 73.3 cm³/mol. The third kappa shape index (κ3) is 2.57. The van der Waals surface area contributed by atoms with Crippen molar-refractivity contribution in [1.29, 1.82) is 0 Å². The summed E-state index contributed by atoms with van der Waals surface area (Å²) < 4.78 is 5.78. The van der Waals surface area contributed by atoms with E-state index in [-0.39, 0.29) is 5.41 Å². The lowest BCUT2D eigenvalue weighted by atomic mass is 9.64. The van der Waals surface area contributed by atoms with Gasteiger partial charge >= 0.3 is 0 Å². The number of hydrogen-bond donors (Lipinski definition) is 0. The number of hydrogen-bond acceptors (Lipinski definition) is 3. The Morgan fingerprint density at radius 1 is 1.50 bits per heavy atom. The van der Waals surface area contributed by atoms with Gasteiger partial charge in [-0.25, -0.2) is 0 Å². The lowest BCUT2D eigenvalue weighted by Gasteiger charge is -2.55. The molecule has 1 aliphatic rings. The average Bonchev–Trinajstić information content (AvgIpc) is 2.35. The largest absolute Gasteiger partial charge is 0.378 e. The van der Waals surface area contributed by atoms with Gasteiger partial charge in [-0.3, -0.25) is 9.88 Å².